The zero-order valence-corrected chi connectivity index (χ0v) is 7.59. The Hall–Kier alpha value is 0.230. The van der Waals surface area contributed by atoms with Crippen molar-refractivity contribution < 1.29 is 4.74 Å². The Morgan fingerprint density at radius 2 is 2.56 bits per heavy atom. The van der Waals surface area contributed by atoms with E-state index >= 15 is 0 Å². The average molecular weight is 239 g/mol. The molecule has 2 nitrogen and oxygen atoms in total. The summed E-state index contributed by atoms with van der Waals surface area (Å²) in [5, 5.41) is 0. The van der Waals surface area contributed by atoms with Crippen molar-refractivity contribution >= 4 is 22.9 Å². The van der Waals surface area contributed by atoms with Gasteiger partial charge < -0.3 is 4.74 Å². The van der Waals surface area contributed by atoms with Gasteiger partial charge >= 0.3 is 0 Å². The molecule has 0 radical (unpaired) electrons. The molecule has 0 spiro atoms. The van der Waals surface area contributed by atoms with Gasteiger partial charge in [0, 0.05) is 42.4 Å². The molecule has 1 heterocycles. The molecule has 0 amide bonds. The number of methoxy groups -OCH3 is 1. The highest BCUT2D eigenvalue weighted by atomic mass is 127. The second kappa shape index (κ2) is 3.41. The van der Waals surface area contributed by atoms with E-state index in [-0.39, 0.29) is 0 Å². The molecule has 52 valence electrons. The van der Waals surface area contributed by atoms with Crippen molar-refractivity contribution in [2.45, 2.75) is 6.42 Å². The minimum absolute atomic E-state index is 1.02. The van der Waals surface area contributed by atoms with Crippen LogP contribution in [0.1, 0.15) is 6.42 Å². The SMILES string of the molecule is COC1=CCN(I)CC1. The molecule has 0 saturated carbocycles. The van der Waals surface area contributed by atoms with Gasteiger partial charge in [-0.25, -0.2) is 3.11 Å². The average Bonchev–Trinajstić information content (AvgIpc) is 1.90. The second-order valence-electron chi connectivity index (χ2n) is 1.99. The van der Waals surface area contributed by atoms with E-state index in [1.807, 2.05) is 0 Å². The Morgan fingerprint density at radius 3 is 3.00 bits per heavy atom. The number of rotatable bonds is 1. The van der Waals surface area contributed by atoms with Gasteiger partial charge in [0.25, 0.3) is 0 Å². The largest absolute Gasteiger partial charge is 0.501 e. The molecule has 0 aliphatic carbocycles. The van der Waals surface area contributed by atoms with Gasteiger partial charge in [0.05, 0.1) is 12.9 Å². The van der Waals surface area contributed by atoms with Gasteiger partial charge in [-0.1, -0.05) is 0 Å². The quantitative estimate of drug-likeness (QED) is 0.508. The molecule has 3 heteroatoms. The van der Waals surface area contributed by atoms with E-state index in [9.17, 15) is 0 Å². The van der Waals surface area contributed by atoms with Crippen LogP contribution in [0.2, 0.25) is 0 Å². The molecular weight excluding hydrogens is 229 g/mol. The normalized spacial score (nSPS) is 21.3. The van der Waals surface area contributed by atoms with Crippen LogP contribution in [0.5, 0.6) is 0 Å². The van der Waals surface area contributed by atoms with Gasteiger partial charge in [0.2, 0.25) is 0 Å². The topological polar surface area (TPSA) is 12.5 Å². The second-order valence-corrected chi connectivity index (χ2v) is 3.36. The molecule has 1 aliphatic rings. The third-order valence-corrected chi connectivity index (χ3v) is 2.26. The highest BCUT2D eigenvalue weighted by Gasteiger charge is 2.07. The lowest BCUT2D eigenvalue weighted by atomic mass is 10.2. The Balaban J connectivity index is 2.40. The van der Waals surface area contributed by atoms with Crippen molar-refractivity contribution in [3.05, 3.63) is 11.8 Å². The van der Waals surface area contributed by atoms with E-state index in [1.54, 1.807) is 7.11 Å². The summed E-state index contributed by atoms with van der Waals surface area (Å²) in [7, 11) is 1.73. The van der Waals surface area contributed by atoms with Gasteiger partial charge in [-0.15, -0.1) is 0 Å². The van der Waals surface area contributed by atoms with Crippen LogP contribution in [-0.4, -0.2) is 23.3 Å². The third kappa shape index (κ3) is 2.14. The standard InChI is InChI=1S/C6H10INO/c1-9-6-2-4-8(7)5-3-6/h2H,3-5H2,1H3. The van der Waals surface area contributed by atoms with Crippen molar-refractivity contribution in [3.63, 3.8) is 0 Å². The third-order valence-electron chi connectivity index (χ3n) is 1.38. The van der Waals surface area contributed by atoms with Gasteiger partial charge in [-0.2, -0.15) is 0 Å². The summed E-state index contributed by atoms with van der Waals surface area (Å²) in [4.78, 5) is 0. The molecule has 0 fully saturated rings. The van der Waals surface area contributed by atoms with Crippen LogP contribution in [0, 0.1) is 0 Å². The Labute approximate surface area is 69.4 Å². The lowest BCUT2D eigenvalue weighted by Crippen LogP contribution is -2.18. The van der Waals surface area contributed by atoms with Crippen LogP contribution in [0.25, 0.3) is 0 Å². The first-order valence-electron chi connectivity index (χ1n) is 2.96. The number of hydrogen-bond donors (Lipinski definition) is 0. The molecule has 0 atom stereocenters. The van der Waals surface area contributed by atoms with Gasteiger partial charge in [0.1, 0.15) is 0 Å². The van der Waals surface area contributed by atoms with Crippen LogP contribution in [0.4, 0.5) is 0 Å². The van der Waals surface area contributed by atoms with Gasteiger partial charge in [-0.3, -0.25) is 0 Å². The van der Waals surface area contributed by atoms with E-state index in [0.717, 1.165) is 25.3 Å². The van der Waals surface area contributed by atoms with Crippen LogP contribution in [0.15, 0.2) is 11.8 Å². The van der Waals surface area contributed by atoms with E-state index in [4.69, 9.17) is 4.74 Å². The van der Waals surface area contributed by atoms with Crippen molar-refractivity contribution in [1.82, 2.24) is 3.11 Å². The summed E-state index contributed by atoms with van der Waals surface area (Å²) in [5.74, 6) is 1.13. The zero-order chi connectivity index (χ0) is 6.69. The predicted molar refractivity (Wildman–Crippen MR) is 45.3 cm³/mol. The van der Waals surface area contributed by atoms with Crippen LogP contribution < -0.4 is 0 Å². The number of hydrogen-bond acceptors (Lipinski definition) is 2. The monoisotopic (exact) mass is 239 g/mol. The lowest BCUT2D eigenvalue weighted by Gasteiger charge is -2.18. The van der Waals surface area contributed by atoms with Crippen LogP contribution in [0.3, 0.4) is 0 Å². The molecule has 1 aliphatic heterocycles. The highest BCUT2D eigenvalue weighted by Crippen LogP contribution is 2.13. The van der Waals surface area contributed by atoms with Gasteiger partial charge in [0.15, 0.2) is 0 Å². The lowest BCUT2D eigenvalue weighted by molar-refractivity contribution is 0.260. The Kier molecular flexibility index (Phi) is 2.78. The number of halogens is 1. The maximum Gasteiger partial charge on any atom is 0.0941 e. The van der Waals surface area contributed by atoms with Crippen molar-refractivity contribution in [2.24, 2.45) is 0 Å². The first-order chi connectivity index (χ1) is 4.33. The summed E-state index contributed by atoms with van der Waals surface area (Å²) in [5.41, 5.74) is 0. The highest BCUT2D eigenvalue weighted by molar-refractivity contribution is 14.1. The first kappa shape index (κ1) is 7.34. The summed E-state index contributed by atoms with van der Waals surface area (Å²) >= 11 is 2.32. The molecule has 0 unspecified atom stereocenters. The molecule has 0 saturated heterocycles. The minimum Gasteiger partial charge on any atom is -0.501 e. The maximum atomic E-state index is 5.07. The zero-order valence-electron chi connectivity index (χ0n) is 5.43. The molecule has 0 bridgehead atoms. The summed E-state index contributed by atoms with van der Waals surface area (Å²) in [6.07, 6.45) is 3.18. The predicted octanol–water partition coefficient (Wildman–Crippen LogP) is 1.57. The first-order valence-corrected chi connectivity index (χ1v) is 3.93. The fourth-order valence-electron chi connectivity index (χ4n) is 0.811. The molecule has 1 rings (SSSR count). The molecular formula is C6H10INO. The van der Waals surface area contributed by atoms with Gasteiger partial charge in [-0.05, 0) is 6.08 Å². The van der Waals surface area contributed by atoms with Crippen molar-refractivity contribution in [3.8, 4) is 0 Å². The number of nitrogens with zero attached hydrogens (tertiary/aromatic N) is 1. The van der Waals surface area contributed by atoms with Crippen molar-refractivity contribution in [2.75, 3.05) is 20.2 Å². The summed E-state index contributed by atoms with van der Waals surface area (Å²) in [6, 6.07) is 0. The molecule has 9 heavy (non-hydrogen) atoms. The van der Waals surface area contributed by atoms with E-state index in [2.05, 4.69) is 32.1 Å². The van der Waals surface area contributed by atoms with Crippen LogP contribution in [-0.2, 0) is 4.74 Å². The molecule has 0 N–H and O–H groups in total. The summed E-state index contributed by atoms with van der Waals surface area (Å²) < 4.78 is 7.31. The maximum absolute atomic E-state index is 5.07. The molecule has 0 aromatic heterocycles. The Bertz CT molecular complexity index is 124. The fourth-order valence-corrected chi connectivity index (χ4v) is 1.25. The van der Waals surface area contributed by atoms with Crippen LogP contribution >= 0.6 is 22.9 Å². The molecule has 0 aromatic rings. The van der Waals surface area contributed by atoms with Crippen molar-refractivity contribution in [1.29, 1.82) is 0 Å². The Morgan fingerprint density at radius 1 is 1.78 bits per heavy atom. The van der Waals surface area contributed by atoms with E-state index in [1.165, 1.54) is 0 Å². The van der Waals surface area contributed by atoms with E-state index in [0.29, 0.717) is 0 Å². The fraction of sp³-hybridized carbons (Fsp3) is 0.667. The van der Waals surface area contributed by atoms with E-state index < -0.39 is 0 Å². The minimum atomic E-state index is 1.02. The smallest absolute Gasteiger partial charge is 0.0941 e. The molecule has 0 aromatic carbocycles. The summed E-state index contributed by atoms with van der Waals surface area (Å²) in [6.45, 7) is 2.13. The number of ether oxygens (including phenoxy) is 1.